The minimum absolute atomic E-state index is 0.0251. The van der Waals surface area contributed by atoms with Crippen LogP contribution < -0.4 is 5.32 Å². The summed E-state index contributed by atoms with van der Waals surface area (Å²) in [5.41, 5.74) is 2.01. The molecule has 0 aliphatic rings. The molecule has 0 aliphatic carbocycles. The number of halogens is 3. The molecule has 0 aliphatic heterocycles. The number of rotatable bonds is 2. The van der Waals surface area contributed by atoms with Gasteiger partial charge in [0, 0.05) is 15.7 Å². The van der Waals surface area contributed by atoms with E-state index in [1.54, 1.807) is 12.1 Å². The number of benzene rings is 2. The molecule has 1 amide bonds. The molecule has 0 atom stereocenters. The zero-order valence-corrected chi connectivity index (χ0v) is 12.3. The van der Waals surface area contributed by atoms with Crippen LogP contribution in [0.1, 0.15) is 15.9 Å². The van der Waals surface area contributed by atoms with Crippen LogP contribution in [-0.4, -0.2) is 5.91 Å². The molecule has 0 radical (unpaired) electrons. The Hall–Kier alpha value is -1.39. The normalized spacial score (nSPS) is 10.3. The van der Waals surface area contributed by atoms with Gasteiger partial charge in [0.2, 0.25) is 0 Å². The fourth-order valence-corrected chi connectivity index (χ4v) is 2.07. The average Bonchev–Trinajstić information content (AvgIpc) is 2.37. The van der Waals surface area contributed by atoms with Crippen LogP contribution in [-0.2, 0) is 0 Å². The van der Waals surface area contributed by atoms with Crippen molar-refractivity contribution in [1.29, 1.82) is 0 Å². The second-order valence-electron chi connectivity index (χ2n) is 4.05. The van der Waals surface area contributed by atoms with Gasteiger partial charge in [0.1, 0.15) is 5.82 Å². The lowest BCUT2D eigenvalue weighted by Gasteiger charge is -2.07. The summed E-state index contributed by atoms with van der Waals surface area (Å²) in [6.07, 6.45) is 0. The first-order valence-corrected chi connectivity index (χ1v) is 6.67. The lowest BCUT2D eigenvalue weighted by Crippen LogP contribution is -2.12. The summed E-state index contributed by atoms with van der Waals surface area (Å²) >= 11 is 9.03. The van der Waals surface area contributed by atoms with E-state index in [4.69, 9.17) is 11.6 Å². The first-order valence-electron chi connectivity index (χ1n) is 5.50. The van der Waals surface area contributed by atoms with Crippen molar-refractivity contribution in [1.82, 2.24) is 0 Å². The van der Waals surface area contributed by atoms with Crippen LogP contribution in [0, 0.1) is 12.7 Å². The van der Waals surface area contributed by atoms with E-state index >= 15 is 0 Å². The Morgan fingerprint density at radius 1 is 1.26 bits per heavy atom. The van der Waals surface area contributed by atoms with Crippen LogP contribution >= 0.6 is 27.5 Å². The van der Waals surface area contributed by atoms with Crippen molar-refractivity contribution in [2.45, 2.75) is 6.92 Å². The second kappa shape index (κ2) is 5.72. The Morgan fingerprint density at radius 2 is 2.00 bits per heavy atom. The molecule has 0 bridgehead atoms. The highest BCUT2D eigenvalue weighted by Crippen LogP contribution is 2.21. The van der Waals surface area contributed by atoms with Crippen LogP contribution in [0.2, 0.25) is 5.02 Å². The van der Waals surface area contributed by atoms with E-state index in [0.717, 1.165) is 10.0 Å². The largest absolute Gasteiger partial charge is 0.322 e. The molecule has 98 valence electrons. The van der Waals surface area contributed by atoms with Crippen LogP contribution in [0.5, 0.6) is 0 Å². The molecule has 0 heterocycles. The average molecular weight is 343 g/mol. The maximum absolute atomic E-state index is 13.0. The summed E-state index contributed by atoms with van der Waals surface area (Å²) in [5, 5.41) is 2.64. The van der Waals surface area contributed by atoms with Gasteiger partial charge in [-0.15, -0.1) is 0 Å². The van der Waals surface area contributed by atoms with E-state index in [9.17, 15) is 9.18 Å². The van der Waals surface area contributed by atoms with Gasteiger partial charge in [-0.2, -0.15) is 0 Å². The molecule has 0 spiro atoms. The monoisotopic (exact) mass is 341 g/mol. The Bertz CT molecular complexity index is 645. The molecule has 2 aromatic carbocycles. The number of carbonyl (C=O) groups excluding carboxylic acids is 1. The summed E-state index contributed by atoms with van der Waals surface area (Å²) in [6.45, 7) is 1.94. The minimum Gasteiger partial charge on any atom is -0.322 e. The van der Waals surface area contributed by atoms with Gasteiger partial charge in [-0.25, -0.2) is 4.39 Å². The van der Waals surface area contributed by atoms with E-state index in [2.05, 4.69) is 21.2 Å². The second-order valence-corrected chi connectivity index (χ2v) is 5.31. The van der Waals surface area contributed by atoms with Gasteiger partial charge in [0.25, 0.3) is 5.91 Å². The summed E-state index contributed by atoms with van der Waals surface area (Å²) in [5.74, 6) is -0.791. The van der Waals surface area contributed by atoms with Crippen LogP contribution in [0.4, 0.5) is 10.1 Å². The van der Waals surface area contributed by atoms with Crippen molar-refractivity contribution >= 4 is 39.1 Å². The van der Waals surface area contributed by atoms with Crippen molar-refractivity contribution in [3.63, 3.8) is 0 Å². The number of aryl methyl sites for hydroxylation is 1. The summed E-state index contributed by atoms with van der Waals surface area (Å²) in [7, 11) is 0. The molecular weight excluding hydrogens is 333 g/mol. The minimum atomic E-state index is -0.516. The fraction of sp³-hybridized carbons (Fsp3) is 0.0714. The Balaban J connectivity index is 2.20. The first kappa shape index (κ1) is 14.0. The lowest BCUT2D eigenvalue weighted by molar-refractivity contribution is 0.102. The molecule has 1 N–H and O–H groups in total. The first-order chi connectivity index (χ1) is 8.97. The van der Waals surface area contributed by atoms with Gasteiger partial charge < -0.3 is 5.32 Å². The van der Waals surface area contributed by atoms with Gasteiger partial charge in [-0.05, 0) is 42.8 Å². The Kier molecular flexibility index (Phi) is 4.22. The molecule has 2 rings (SSSR count). The van der Waals surface area contributed by atoms with Crippen molar-refractivity contribution in [3.8, 4) is 0 Å². The quantitative estimate of drug-likeness (QED) is 0.834. The van der Waals surface area contributed by atoms with E-state index in [0.29, 0.717) is 11.3 Å². The Labute approximate surface area is 123 Å². The SMILES string of the molecule is Cc1ccc(C(=O)Nc2ccc(F)c(Cl)c2)cc1Br. The highest BCUT2D eigenvalue weighted by molar-refractivity contribution is 9.10. The summed E-state index contributed by atoms with van der Waals surface area (Å²) in [4.78, 5) is 12.0. The number of hydrogen-bond donors (Lipinski definition) is 1. The van der Waals surface area contributed by atoms with E-state index in [-0.39, 0.29) is 10.9 Å². The lowest BCUT2D eigenvalue weighted by atomic mass is 10.1. The highest BCUT2D eigenvalue weighted by atomic mass is 79.9. The van der Waals surface area contributed by atoms with Crippen molar-refractivity contribution in [3.05, 3.63) is 62.8 Å². The number of amides is 1. The van der Waals surface area contributed by atoms with Gasteiger partial charge in [0.15, 0.2) is 0 Å². The molecule has 5 heteroatoms. The smallest absolute Gasteiger partial charge is 0.255 e. The molecule has 19 heavy (non-hydrogen) atoms. The van der Waals surface area contributed by atoms with Gasteiger partial charge >= 0.3 is 0 Å². The van der Waals surface area contributed by atoms with Crippen LogP contribution in [0.15, 0.2) is 40.9 Å². The topological polar surface area (TPSA) is 29.1 Å². The van der Waals surface area contributed by atoms with Crippen LogP contribution in [0.25, 0.3) is 0 Å². The standard InChI is InChI=1S/C14H10BrClFNO/c1-8-2-3-9(6-11(8)15)14(19)18-10-4-5-13(17)12(16)7-10/h2-7H,1H3,(H,18,19). The maximum Gasteiger partial charge on any atom is 0.255 e. The molecule has 0 unspecified atom stereocenters. The molecule has 2 nitrogen and oxygen atoms in total. The molecule has 0 fully saturated rings. The van der Waals surface area contributed by atoms with Crippen LogP contribution in [0.3, 0.4) is 0 Å². The van der Waals surface area contributed by atoms with Crippen molar-refractivity contribution < 1.29 is 9.18 Å². The third-order valence-corrected chi connectivity index (χ3v) is 3.76. The molecule has 2 aromatic rings. The third-order valence-electron chi connectivity index (χ3n) is 2.61. The zero-order valence-electron chi connectivity index (χ0n) is 10.0. The molecule has 0 saturated carbocycles. The van der Waals surface area contributed by atoms with Crippen molar-refractivity contribution in [2.24, 2.45) is 0 Å². The number of carbonyl (C=O) groups is 1. The zero-order chi connectivity index (χ0) is 14.0. The number of nitrogens with one attached hydrogen (secondary N) is 1. The number of hydrogen-bond acceptors (Lipinski definition) is 1. The van der Waals surface area contributed by atoms with E-state index in [1.165, 1.54) is 18.2 Å². The van der Waals surface area contributed by atoms with Gasteiger partial charge in [0.05, 0.1) is 5.02 Å². The number of anilines is 1. The molecule has 0 aromatic heterocycles. The van der Waals surface area contributed by atoms with Gasteiger partial charge in [-0.3, -0.25) is 4.79 Å². The summed E-state index contributed by atoms with van der Waals surface area (Å²) < 4.78 is 13.9. The summed E-state index contributed by atoms with van der Waals surface area (Å²) in [6, 6.07) is 9.34. The van der Waals surface area contributed by atoms with E-state index < -0.39 is 5.82 Å². The Morgan fingerprint density at radius 3 is 2.63 bits per heavy atom. The predicted molar refractivity (Wildman–Crippen MR) is 78.2 cm³/mol. The molecular formula is C14H10BrClFNO. The van der Waals surface area contributed by atoms with E-state index in [1.807, 2.05) is 13.0 Å². The fourth-order valence-electron chi connectivity index (χ4n) is 1.51. The maximum atomic E-state index is 13.0. The molecule has 0 saturated heterocycles. The third kappa shape index (κ3) is 3.33. The van der Waals surface area contributed by atoms with Gasteiger partial charge in [-0.1, -0.05) is 33.6 Å². The predicted octanol–water partition coefficient (Wildman–Crippen LogP) is 4.80. The van der Waals surface area contributed by atoms with Crippen molar-refractivity contribution in [2.75, 3.05) is 5.32 Å². The highest BCUT2D eigenvalue weighted by Gasteiger charge is 2.09.